The third kappa shape index (κ3) is 6.28. The van der Waals surface area contributed by atoms with E-state index < -0.39 is 24.4 Å². The molecule has 0 aliphatic rings. The third-order valence-corrected chi connectivity index (χ3v) is 4.67. The molecule has 2 amide bonds. The van der Waals surface area contributed by atoms with Crippen molar-refractivity contribution in [2.45, 2.75) is 0 Å². The highest BCUT2D eigenvalue weighted by atomic mass is 79.9. The minimum Gasteiger partial charge on any atom is -0.454 e. The van der Waals surface area contributed by atoms with Crippen molar-refractivity contribution < 1.29 is 19.1 Å². The van der Waals surface area contributed by atoms with E-state index in [4.69, 9.17) is 4.74 Å². The summed E-state index contributed by atoms with van der Waals surface area (Å²) in [4.78, 5) is 35.7. The average molecular weight is 467 g/mol. The highest BCUT2D eigenvalue weighted by Gasteiger charge is 2.11. The number of ether oxygens (including phenoxy) is 1. The molecule has 0 saturated heterocycles. The van der Waals surface area contributed by atoms with Crippen molar-refractivity contribution in [3.05, 3.63) is 88.9 Å². The van der Waals surface area contributed by atoms with Crippen LogP contribution in [-0.4, -0.2) is 30.9 Å². The molecule has 0 radical (unpaired) electrons. The number of carbonyl (C=O) groups is 3. The van der Waals surface area contributed by atoms with E-state index in [0.717, 1.165) is 15.6 Å². The van der Waals surface area contributed by atoms with Crippen LogP contribution < -0.4 is 10.6 Å². The van der Waals surface area contributed by atoms with Crippen LogP contribution in [0.15, 0.2) is 83.3 Å². The van der Waals surface area contributed by atoms with Gasteiger partial charge in [-0.05, 0) is 47.5 Å². The number of hydrogen-bond donors (Lipinski definition) is 2. The lowest BCUT2D eigenvalue weighted by molar-refractivity contribution is -0.146. The molecule has 0 unspecified atom stereocenters. The fourth-order valence-electron chi connectivity index (χ4n) is 2.63. The molecule has 3 rings (SSSR count). The Morgan fingerprint density at radius 3 is 2.10 bits per heavy atom. The normalized spacial score (nSPS) is 10.2. The van der Waals surface area contributed by atoms with Gasteiger partial charge in [-0.25, -0.2) is 0 Å². The van der Waals surface area contributed by atoms with Gasteiger partial charge in [0.1, 0.15) is 6.54 Å². The van der Waals surface area contributed by atoms with Gasteiger partial charge in [0.15, 0.2) is 6.61 Å². The van der Waals surface area contributed by atoms with E-state index in [1.165, 1.54) is 0 Å². The average Bonchev–Trinajstić information content (AvgIpc) is 2.77. The molecule has 0 aliphatic carbocycles. The van der Waals surface area contributed by atoms with Crippen LogP contribution in [0.4, 0.5) is 5.69 Å². The van der Waals surface area contributed by atoms with Gasteiger partial charge in [-0.15, -0.1) is 0 Å². The van der Waals surface area contributed by atoms with Crippen LogP contribution in [0.1, 0.15) is 10.4 Å². The lowest BCUT2D eigenvalue weighted by Gasteiger charge is -2.08. The zero-order valence-electron chi connectivity index (χ0n) is 15.9. The number of anilines is 1. The van der Waals surface area contributed by atoms with Gasteiger partial charge >= 0.3 is 5.97 Å². The largest absolute Gasteiger partial charge is 0.454 e. The van der Waals surface area contributed by atoms with Gasteiger partial charge in [0.25, 0.3) is 11.8 Å². The van der Waals surface area contributed by atoms with E-state index in [0.29, 0.717) is 11.3 Å². The summed E-state index contributed by atoms with van der Waals surface area (Å²) >= 11 is 3.28. The Labute approximate surface area is 182 Å². The zero-order chi connectivity index (χ0) is 21.3. The molecule has 0 aromatic heterocycles. The molecule has 30 heavy (non-hydrogen) atoms. The Hall–Kier alpha value is -3.45. The molecule has 6 nitrogen and oxygen atoms in total. The van der Waals surface area contributed by atoms with Crippen LogP contribution in [-0.2, 0) is 14.3 Å². The topological polar surface area (TPSA) is 84.5 Å². The summed E-state index contributed by atoms with van der Waals surface area (Å²) < 4.78 is 5.75. The highest BCUT2D eigenvalue weighted by Crippen LogP contribution is 2.20. The first-order chi connectivity index (χ1) is 14.5. The van der Waals surface area contributed by atoms with Crippen LogP contribution in [0.5, 0.6) is 0 Å². The molecule has 0 bridgehead atoms. The van der Waals surface area contributed by atoms with Crippen LogP contribution in [0.2, 0.25) is 0 Å². The summed E-state index contributed by atoms with van der Waals surface area (Å²) in [5, 5.41) is 5.12. The van der Waals surface area contributed by atoms with Gasteiger partial charge in [-0.2, -0.15) is 0 Å². The fraction of sp³-hybridized carbons (Fsp3) is 0.0870. The molecule has 0 atom stereocenters. The minimum absolute atomic E-state index is 0.325. The fourth-order valence-corrected chi connectivity index (χ4v) is 2.89. The Kier molecular flexibility index (Phi) is 7.34. The molecule has 0 heterocycles. The lowest BCUT2D eigenvalue weighted by atomic mass is 10.1. The number of esters is 1. The molecular weight excluding hydrogens is 448 g/mol. The smallest absolute Gasteiger partial charge is 0.325 e. The first kappa shape index (κ1) is 21.3. The molecular formula is C23H19BrN2O4. The monoisotopic (exact) mass is 466 g/mol. The van der Waals surface area contributed by atoms with Crippen molar-refractivity contribution in [3.8, 4) is 11.1 Å². The summed E-state index contributed by atoms with van der Waals surface area (Å²) in [7, 11) is 0. The van der Waals surface area contributed by atoms with Crippen LogP contribution in [0, 0.1) is 0 Å². The zero-order valence-corrected chi connectivity index (χ0v) is 17.5. The predicted octanol–water partition coefficient (Wildman–Crippen LogP) is 4.03. The van der Waals surface area contributed by atoms with Crippen molar-refractivity contribution in [1.29, 1.82) is 0 Å². The van der Waals surface area contributed by atoms with Gasteiger partial charge < -0.3 is 15.4 Å². The number of benzene rings is 3. The van der Waals surface area contributed by atoms with E-state index in [-0.39, 0.29) is 6.54 Å². The van der Waals surface area contributed by atoms with E-state index in [2.05, 4.69) is 26.6 Å². The number of amides is 2. The van der Waals surface area contributed by atoms with E-state index in [1.807, 2.05) is 42.5 Å². The Morgan fingerprint density at radius 1 is 0.800 bits per heavy atom. The van der Waals surface area contributed by atoms with Crippen LogP contribution in [0.3, 0.4) is 0 Å². The van der Waals surface area contributed by atoms with Gasteiger partial charge in [0, 0.05) is 15.7 Å². The molecule has 152 valence electrons. The number of rotatable bonds is 7. The van der Waals surface area contributed by atoms with Crippen LogP contribution >= 0.6 is 15.9 Å². The maximum absolute atomic E-state index is 12.0. The molecule has 3 aromatic carbocycles. The Morgan fingerprint density at radius 2 is 1.43 bits per heavy atom. The third-order valence-electron chi connectivity index (χ3n) is 4.14. The SMILES string of the molecule is O=C(COC(=O)CNC(=O)c1ccc(Br)cc1)Nc1ccc(-c2ccccc2)cc1. The van der Waals surface area contributed by atoms with Crippen molar-refractivity contribution in [1.82, 2.24) is 5.32 Å². The minimum atomic E-state index is -0.699. The van der Waals surface area contributed by atoms with Crippen molar-refractivity contribution in [2.75, 3.05) is 18.5 Å². The highest BCUT2D eigenvalue weighted by molar-refractivity contribution is 9.10. The quantitative estimate of drug-likeness (QED) is 0.514. The molecule has 0 spiro atoms. The number of carbonyl (C=O) groups excluding carboxylic acids is 3. The molecule has 7 heteroatoms. The Balaban J connectivity index is 1.41. The van der Waals surface area contributed by atoms with Crippen molar-refractivity contribution >= 4 is 39.4 Å². The van der Waals surface area contributed by atoms with E-state index in [9.17, 15) is 14.4 Å². The molecule has 0 aliphatic heterocycles. The number of hydrogen-bond acceptors (Lipinski definition) is 4. The summed E-state index contributed by atoms with van der Waals surface area (Å²) in [5.74, 6) is -1.56. The Bertz CT molecular complexity index is 1020. The van der Waals surface area contributed by atoms with Gasteiger partial charge in [-0.3, -0.25) is 14.4 Å². The summed E-state index contributed by atoms with van der Waals surface area (Å²) in [5.41, 5.74) is 3.12. The van der Waals surface area contributed by atoms with E-state index in [1.54, 1.807) is 36.4 Å². The second-order valence-corrected chi connectivity index (χ2v) is 7.26. The summed E-state index contributed by atoms with van der Waals surface area (Å²) in [6.07, 6.45) is 0. The summed E-state index contributed by atoms with van der Waals surface area (Å²) in [6.45, 7) is -0.763. The first-order valence-corrected chi connectivity index (χ1v) is 9.95. The van der Waals surface area contributed by atoms with E-state index >= 15 is 0 Å². The van der Waals surface area contributed by atoms with Crippen LogP contribution in [0.25, 0.3) is 11.1 Å². The maximum Gasteiger partial charge on any atom is 0.325 e. The standard InChI is InChI=1S/C23H19BrN2O4/c24-19-10-6-18(7-11-19)23(29)25-14-22(28)30-15-21(27)26-20-12-8-17(9-13-20)16-4-2-1-3-5-16/h1-13H,14-15H2,(H,25,29)(H,26,27). The lowest BCUT2D eigenvalue weighted by Crippen LogP contribution is -2.32. The summed E-state index contributed by atoms with van der Waals surface area (Å²) in [6, 6.07) is 23.9. The second kappa shape index (κ2) is 10.4. The maximum atomic E-state index is 12.0. The molecule has 3 aromatic rings. The van der Waals surface area contributed by atoms with Gasteiger partial charge in [-0.1, -0.05) is 58.4 Å². The number of nitrogens with one attached hydrogen (secondary N) is 2. The number of halogens is 1. The second-order valence-electron chi connectivity index (χ2n) is 6.34. The molecule has 0 saturated carbocycles. The molecule has 0 fully saturated rings. The first-order valence-electron chi connectivity index (χ1n) is 9.16. The van der Waals surface area contributed by atoms with Gasteiger partial charge in [0.2, 0.25) is 0 Å². The predicted molar refractivity (Wildman–Crippen MR) is 118 cm³/mol. The van der Waals surface area contributed by atoms with Crippen molar-refractivity contribution in [2.24, 2.45) is 0 Å². The van der Waals surface area contributed by atoms with Crippen molar-refractivity contribution in [3.63, 3.8) is 0 Å². The molecule has 2 N–H and O–H groups in total. The van der Waals surface area contributed by atoms with Gasteiger partial charge in [0.05, 0.1) is 0 Å².